The van der Waals surface area contributed by atoms with Gasteiger partial charge in [-0.1, -0.05) is 41.9 Å². The minimum absolute atomic E-state index is 0.0845. The number of carbonyl (C=O) groups excluding carboxylic acids is 2. The summed E-state index contributed by atoms with van der Waals surface area (Å²) in [4.78, 5) is 28.3. The number of methoxy groups -OCH3 is 1. The Morgan fingerprint density at radius 2 is 1.78 bits per heavy atom. The lowest BCUT2D eigenvalue weighted by Gasteiger charge is -2.28. The van der Waals surface area contributed by atoms with Crippen molar-refractivity contribution in [2.75, 3.05) is 40.1 Å². The zero-order chi connectivity index (χ0) is 20.0. The van der Waals surface area contributed by atoms with E-state index in [1.165, 1.54) is 12.0 Å². The molecule has 0 saturated carbocycles. The number of rotatable bonds is 7. The van der Waals surface area contributed by atoms with Crippen LogP contribution in [0.5, 0.6) is 5.75 Å². The second-order valence-electron chi connectivity index (χ2n) is 6.36. The van der Waals surface area contributed by atoms with Crippen molar-refractivity contribution in [2.24, 2.45) is 0 Å². The van der Waals surface area contributed by atoms with Crippen LogP contribution in [-0.4, -0.2) is 56.4 Å². The van der Waals surface area contributed by atoms with Crippen LogP contribution in [0.3, 0.4) is 0 Å². The fourth-order valence-corrected chi connectivity index (χ4v) is 2.90. The van der Waals surface area contributed by atoms with Crippen LogP contribution in [0.25, 0.3) is 0 Å². The first kappa shape index (κ1) is 20.7. The van der Waals surface area contributed by atoms with E-state index in [9.17, 15) is 9.59 Å². The second kappa shape index (κ2) is 9.39. The molecule has 0 saturated heterocycles. The Morgan fingerprint density at radius 3 is 2.33 bits per heavy atom. The molecule has 0 radical (unpaired) electrons. The van der Waals surface area contributed by atoms with Crippen LogP contribution >= 0.6 is 11.6 Å². The van der Waals surface area contributed by atoms with Crippen LogP contribution in [0.15, 0.2) is 48.5 Å². The normalized spacial score (nSPS) is 11.8. The first-order valence-electron chi connectivity index (χ1n) is 8.43. The van der Waals surface area contributed by atoms with E-state index < -0.39 is 6.04 Å². The van der Waals surface area contributed by atoms with Crippen LogP contribution in [0.1, 0.15) is 11.6 Å². The van der Waals surface area contributed by atoms with E-state index in [4.69, 9.17) is 16.3 Å². The van der Waals surface area contributed by atoms with Crippen molar-refractivity contribution in [1.29, 1.82) is 0 Å². The van der Waals surface area contributed by atoms with Crippen molar-refractivity contribution in [3.8, 4) is 5.75 Å². The molecule has 2 amide bonds. The summed E-state index contributed by atoms with van der Waals surface area (Å²) >= 11 is 6.14. The van der Waals surface area contributed by atoms with Crippen LogP contribution in [0.4, 0.5) is 5.69 Å². The molecule has 144 valence electrons. The highest BCUT2D eigenvalue weighted by atomic mass is 35.5. The highest BCUT2D eigenvalue weighted by Crippen LogP contribution is 2.28. The van der Waals surface area contributed by atoms with Crippen molar-refractivity contribution < 1.29 is 14.3 Å². The molecule has 0 unspecified atom stereocenters. The van der Waals surface area contributed by atoms with Crippen LogP contribution in [0.2, 0.25) is 5.02 Å². The molecule has 7 heteroatoms. The topological polar surface area (TPSA) is 61.9 Å². The highest BCUT2D eigenvalue weighted by molar-refractivity contribution is 6.32. The lowest BCUT2D eigenvalue weighted by molar-refractivity contribution is -0.131. The molecular formula is C20H24ClN3O3. The van der Waals surface area contributed by atoms with Gasteiger partial charge in [0.15, 0.2) is 0 Å². The van der Waals surface area contributed by atoms with E-state index in [0.29, 0.717) is 16.5 Å². The van der Waals surface area contributed by atoms with Crippen LogP contribution in [-0.2, 0) is 9.59 Å². The summed E-state index contributed by atoms with van der Waals surface area (Å²) in [5, 5.41) is 3.28. The molecule has 0 heterocycles. The van der Waals surface area contributed by atoms with Gasteiger partial charge in [-0.3, -0.25) is 14.5 Å². The summed E-state index contributed by atoms with van der Waals surface area (Å²) in [7, 11) is 6.65. The third-order valence-corrected chi connectivity index (χ3v) is 4.40. The maximum absolute atomic E-state index is 13.0. The van der Waals surface area contributed by atoms with Crippen LogP contribution < -0.4 is 10.1 Å². The number of amides is 2. The zero-order valence-corrected chi connectivity index (χ0v) is 16.7. The summed E-state index contributed by atoms with van der Waals surface area (Å²) < 4.78 is 5.13. The third-order valence-electron chi connectivity index (χ3n) is 4.11. The summed E-state index contributed by atoms with van der Waals surface area (Å²) in [6.07, 6.45) is 0. The van der Waals surface area contributed by atoms with Crippen molar-refractivity contribution in [2.45, 2.75) is 6.04 Å². The van der Waals surface area contributed by atoms with Gasteiger partial charge in [0.25, 0.3) is 0 Å². The second-order valence-corrected chi connectivity index (χ2v) is 6.76. The van der Waals surface area contributed by atoms with E-state index in [1.807, 2.05) is 30.3 Å². The SMILES string of the molecule is COc1ccc(NC(=O)[C@H](c2ccccc2)N(C)CC(=O)N(C)C)cc1Cl. The number of nitrogens with one attached hydrogen (secondary N) is 1. The quantitative estimate of drug-likeness (QED) is 0.790. The minimum Gasteiger partial charge on any atom is -0.495 e. The highest BCUT2D eigenvalue weighted by Gasteiger charge is 2.27. The van der Waals surface area contributed by atoms with Crippen molar-refractivity contribution in [3.05, 3.63) is 59.1 Å². The predicted molar refractivity (Wildman–Crippen MR) is 107 cm³/mol. The minimum atomic E-state index is -0.629. The molecule has 0 aliphatic heterocycles. The van der Waals surface area contributed by atoms with E-state index in [2.05, 4.69) is 5.32 Å². The Kier molecular flexibility index (Phi) is 7.21. The number of benzene rings is 2. The Morgan fingerprint density at radius 1 is 1.11 bits per heavy atom. The molecule has 2 aromatic rings. The Hall–Kier alpha value is -2.57. The molecule has 6 nitrogen and oxygen atoms in total. The number of ether oxygens (including phenoxy) is 1. The zero-order valence-electron chi connectivity index (χ0n) is 15.9. The molecule has 0 fully saturated rings. The number of carbonyl (C=O) groups is 2. The number of anilines is 1. The van der Waals surface area contributed by atoms with E-state index >= 15 is 0 Å². The van der Waals surface area contributed by atoms with Gasteiger partial charge in [-0.05, 0) is 30.8 Å². The average Bonchev–Trinajstić information content (AvgIpc) is 2.62. The molecule has 0 aliphatic carbocycles. The number of nitrogens with zero attached hydrogens (tertiary/aromatic N) is 2. The summed E-state index contributed by atoms with van der Waals surface area (Å²) in [6.45, 7) is 0.114. The fraction of sp³-hybridized carbons (Fsp3) is 0.300. The number of halogens is 1. The van der Waals surface area contributed by atoms with Crippen molar-refractivity contribution >= 4 is 29.1 Å². The molecule has 0 spiro atoms. The molecule has 0 bridgehead atoms. The lowest BCUT2D eigenvalue weighted by Crippen LogP contribution is -2.41. The lowest BCUT2D eigenvalue weighted by atomic mass is 10.0. The van der Waals surface area contributed by atoms with Gasteiger partial charge in [-0.2, -0.15) is 0 Å². The van der Waals surface area contributed by atoms with Gasteiger partial charge < -0.3 is 15.0 Å². The van der Waals surface area contributed by atoms with Gasteiger partial charge in [0.2, 0.25) is 11.8 Å². The van der Waals surface area contributed by atoms with Gasteiger partial charge in [0.1, 0.15) is 11.8 Å². The van der Waals surface area contributed by atoms with Gasteiger partial charge in [-0.15, -0.1) is 0 Å². The average molecular weight is 390 g/mol. The standard InChI is InChI=1S/C20H24ClN3O3/c1-23(2)18(25)13-24(3)19(14-8-6-5-7-9-14)20(26)22-15-10-11-17(27-4)16(21)12-15/h5-12,19H,13H2,1-4H3,(H,22,26)/t19-/m0/s1. The molecular weight excluding hydrogens is 366 g/mol. The van der Waals surface area contributed by atoms with Gasteiger partial charge in [-0.25, -0.2) is 0 Å². The monoisotopic (exact) mass is 389 g/mol. The van der Waals surface area contributed by atoms with E-state index in [0.717, 1.165) is 5.56 Å². The summed E-state index contributed by atoms with van der Waals surface area (Å²) in [5.74, 6) is 0.193. The third kappa shape index (κ3) is 5.45. The van der Waals surface area contributed by atoms with Gasteiger partial charge in [0.05, 0.1) is 18.7 Å². The molecule has 0 aliphatic rings. The first-order valence-corrected chi connectivity index (χ1v) is 8.81. The van der Waals surface area contributed by atoms with E-state index in [1.54, 1.807) is 44.2 Å². The molecule has 0 aromatic heterocycles. The fourth-order valence-electron chi connectivity index (χ4n) is 2.64. The molecule has 2 rings (SSSR count). The smallest absolute Gasteiger partial charge is 0.246 e. The maximum Gasteiger partial charge on any atom is 0.246 e. The number of hydrogen-bond acceptors (Lipinski definition) is 4. The summed E-state index contributed by atoms with van der Waals surface area (Å²) in [6, 6.07) is 13.7. The molecule has 1 N–H and O–H groups in total. The summed E-state index contributed by atoms with van der Waals surface area (Å²) in [5.41, 5.74) is 1.35. The van der Waals surface area contributed by atoms with E-state index in [-0.39, 0.29) is 18.4 Å². The molecule has 2 aromatic carbocycles. The van der Waals surface area contributed by atoms with Crippen molar-refractivity contribution in [1.82, 2.24) is 9.80 Å². The number of hydrogen-bond donors (Lipinski definition) is 1. The number of likely N-dealkylation sites (N-methyl/N-ethyl adjacent to an activating group) is 2. The van der Waals surface area contributed by atoms with Crippen LogP contribution in [0, 0.1) is 0 Å². The largest absolute Gasteiger partial charge is 0.495 e. The Balaban J connectivity index is 2.26. The van der Waals surface area contributed by atoms with Gasteiger partial charge >= 0.3 is 0 Å². The maximum atomic E-state index is 13.0. The Bertz CT molecular complexity index is 796. The molecule has 1 atom stereocenters. The predicted octanol–water partition coefficient (Wildman–Crippen LogP) is 3.05. The molecule has 27 heavy (non-hydrogen) atoms. The van der Waals surface area contributed by atoms with Crippen molar-refractivity contribution in [3.63, 3.8) is 0 Å². The van der Waals surface area contributed by atoms with Gasteiger partial charge in [0, 0.05) is 19.8 Å². The Labute approximate surface area is 164 Å². The first-order chi connectivity index (χ1) is 12.8.